The molecule has 4 rings (SSSR count). The molecule has 2 aromatic heterocycles. The Hall–Kier alpha value is -2.71. The third kappa shape index (κ3) is 5.95. The molecule has 1 fully saturated rings. The fourth-order valence-corrected chi connectivity index (χ4v) is 4.96. The fourth-order valence-electron chi connectivity index (χ4n) is 4.12. The van der Waals surface area contributed by atoms with Crippen LogP contribution >= 0.6 is 11.3 Å². The van der Waals surface area contributed by atoms with Crippen LogP contribution in [0.4, 0.5) is 5.13 Å². The van der Waals surface area contributed by atoms with Crippen LogP contribution in [0.5, 0.6) is 0 Å². The Kier molecular flexibility index (Phi) is 7.90. The van der Waals surface area contributed by atoms with E-state index in [2.05, 4.69) is 56.5 Å². The highest BCUT2D eigenvalue weighted by Gasteiger charge is 2.27. The molecule has 0 aliphatic carbocycles. The minimum absolute atomic E-state index is 0.00859. The van der Waals surface area contributed by atoms with Crippen LogP contribution in [0.15, 0.2) is 54.9 Å². The lowest BCUT2D eigenvalue weighted by Crippen LogP contribution is -2.43. The van der Waals surface area contributed by atoms with Crippen molar-refractivity contribution in [1.82, 2.24) is 25.0 Å². The van der Waals surface area contributed by atoms with E-state index < -0.39 is 0 Å². The predicted octanol–water partition coefficient (Wildman–Crippen LogP) is 3.57. The van der Waals surface area contributed by atoms with Gasteiger partial charge < -0.3 is 10.2 Å². The maximum atomic E-state index is 12.8. The van der Waals surface area contributed by atoms with Crippen LogP contribution in [-0.2, 0) is 11.3 Å². The molecule has 1 saturated heterocycles. The van der Waals surface area contributed by atoms with Crippen LogP contribution in [0.2, 0.25) is 0 Å². The van der Waals surface area contributed by atoms with E-state index in [9.17, 15) is 4.79 Å². The summed E-state index contributed by atoms with van der Waals surface area (Å²) in [4.78, 5) is 17.4. The van der Waals surface area contributed by atoms with Crippen molar-refractivity contribution in [2.75, 3.05) is 37.6 Å². The average molecular weight is 453 g/mol. The van der Waals surface area contributed by atoms with E-state index in [0.717, 1.165) is 62.2 Å². The van der Waals surface area contributed by atoms with E-state index in [1.807, 2.05) is 35.2 Å². The van der Waals surface area contributed by atoms with Gasteiger partial charge in [-0.05, 0) is 43.5 Å². The zero-order valence-corrected chi connectivity index (χ0v) is 19.5. The molecule has 3 aromatic rings. The number of nitrogens with zero attached hydrogens (tertiary/aromatic N) is 5. The lowest BCUT2D eigenvalue weighted by molar-refractivity contribution is -0.125. The van der Waals surface area contributed by atoms with Crippen LogP contribution in [-0.4, -0.2) is 58.3 Å². The summed E-state index contributed by atoms with van der Waals surface area (Å²) in [5.74, 6) is 0.172. The van der Waals surface area contributed by atoms with Crippen molar-refractivity contribution in [3.63, 3.8) is 0 Å². The highest BCUT2D eigenvalue weighted by Crippen LogP contribution is 2.27. The van der Waals surface area contributed by atoms with Crippen molar-refractivity contribution < 1.29 is 4.79 Å². The molecule has 0 bridgehead atoms. The van der Waals surface area contributed by atoms with E-state index in [0.29, 0.717) is 6.54 Å². The van der Waals surface area contributed by atoms with Gasteiger partial charge in [0.1, 0.15) is 0 Å². The van der Waals surface area contributed by atoms with Crippen LogP contribution in [0.1, 0.15) is 31.7 Å². The Labute approximate surface area is 194 Å². The molecule has 7 nitrogen and oxygen atoms in total. The van der Waals surface area contributed by atoms with E-state index in [4.69, 9.17) is 0 Å². The predicted molar refractivity (Wildman–Crippen MR) is 129 cm³/mol. The summed E-state index contributed by atoms with van der Waals surface area (Å²) in [5.41, 5.74) is 1.33. The van der Waals surface area contributed by atoms with Crippen LogP contribution in [0.3, 0.4) is 0 Å². The number of anilines is 1. The lowest BCUT2D eigenvalue weighted by Gasteiger charge is -2.31. The number of carbonyl (C=O) groups excluding carboxylic acids is 1. The summed E-state index contributed by atoms with van der Waals surface area (Å²) in [6, 6.07) is 14.5. The summed E-state index contributed by atoms with van der Waals surface area (Å²) in [7, 11) is 0. The first-order chi connectivity index (χ1) is 15.7. The van der Waals surface area contributed by atoms with Gasteiger partial charge in [0.15, 0.2) is 0 Å². The minimum atomic E-state index is 0.00859. The number of hydrogen-bond donors (Lipinski definition) is 1. The number of carbonyl (C=O) groups is 1. The smallest absolute Gasteiger partial charge is 0.224 e. The molecule has 1 aliphatic rings. The molecule has 1 atom stereocenters. The molecule has 170 valence electrons. The molecule has 0 spiro atoms. The Morgan fingerprint density at radius 2 is 1.94 bits per heavy atom. The van der Waals surface area contributed by atoms with Gasteiger partial charge in [-0.2, -0.15) is 0 Å². The van der Waals surface area contributed by atoms with Crippen molar-refractivity contribution >= 4 is 22.4 Å². The summed E-state index contributed by atoms with van der Waals surface area (Å²) >= 11 is 1.57. The van der Waals surface area contributed by atoms with Crippen molar-refractivity contribution in [3.05, 3.63) is 60.4 Å². The SMILES string of the molecule is CCN(CCCNC(=O)[C@@H]1CCCN(c2nnc(-n3cccc3)s2)C1)Cc1ccccc1. The number of amides is 1. The number of benzene rings is 1. The molecule has 3 heterocycles. The second-order valence-corrected chi connectivity index (χ2v) is 9.18. The molecule has 1 amide bonds. The van der Waals surface area contributed by atoms with Crippen molar-refractivity contribution in [2.24, 2.45) is 5.92 Å². The van der Waals surface area contributed by atoms with Gasteiger partial charge in [-0.25, -0.2) is 0 Å². The van der Waals surface area contributed by atoms with Gasteiger partial charge in [0.25, 0.3) is 0 Å². The standard InChI is InChI=1S/C24H32N6OS/c1-2-28(18-20-10-4-3-5-11-20)14-9-13-25-22(31)21-12-8-17-30(19-21)24-27-26-23(32-24)29-15-6-7-16-29/h3-7,10-11,15-16,21H,2,8-9,12-14,17-19H2,1H3,(H,25,31)/t21-/m1/s1. The first-order valence-corrected chi connectivity index (χ1v) is 12.3. The largest absolute Gasteiger partial charge is 0.356 e. The maximum absolute atomic E-state index is 12.8. The molecule has 0 unspecified atom stereocenters. The molecule has 1 aromatic carbocycles. The Bertz CT molecular complexity index is 958. The second kappa shape index (κ2) is 11.2. The van der Waals surface area contributed by atoms with E-state index in [1.165, 1.54) is 5.56 Å². The van der Waals surface area contributed by atoms with Gasteiger partial charge in [-0.3, -0.25) is 14.3 Å². The number of hydrogen-bond acceptors (Lipinski definition) is 6. The van der Waals surface area contributed by atoms with Gasteiger partial charge in [-0.15, -0.1) is 10.2 Å². The van der Waals surface area contributed by atoms with E-state index in [1.54, 1.807) is 11.3 Å². The Morgan fingerprint density at radius 1 is 1.16 bits per heavy atom. The Balaban J connectivity index is 1.21. The zero-order chi connectivity index (χ0) is 22.2. The van der Waals surface area contributed by atoms with Crippen LogP contribution in [0.25, 0.3) is 5.13 Å². The quantitative estimate of drug-likeness (QED) is 0.477. The first kappa shape index (κ1) is 22.5. The van der Waals surface area contributed by atoms with Crippen molar-refractivity contribution in [3.8, 4) is 5.13 Å². The number of piperidine rings is 1. The number of nitrogens with one attached hydrogen (secondary N) is 1. The summed E-state index contributed by atoms with van der Waals surface area (Å²) in [6.45, 7) is 7.49. The summed E-state index contributed by atoms with van der Waals surface area (Å²) < 4.78 is 1.96. The highest BCUT2D eigenvalue weighted by molar-refractivity contribution is 7.17. The monoisotopic (exact) mass is 452 g/mol. The lowest BCUT2D eigenvalue weighted by atomic mass is 9.97. The first-order valence-electron chi connectivity index (χ1n) is 11.5. The molecule has 0 saturated carbocycles. The summed E-state index contributed by atoms with van der Waals surface area (Å²) in [5, 5.41) is 13.6. The molecular weight excluding hydrogens is 420 g/mol. The molecule has 8 heteroatoms. The third-order valence-electron chi connectivity index (χ3n) is 5.94. The van der Waals surface area contributed by atoms with Crippen LogP contribution < -0.4 is 10.2 Å². The second-order valence-electron chi connectivity index (χ2n) is 8.24. The number of rotatable bonds is 10. The zero-order valence-electron chi connectivity index (χ0n) is 18.7. The molecular formula is C24H32N6OS. The van der Waals surface area contributed by atoms with Crippen LogP contribution in [0, 0.1) is 5.92 Å². The third-order valence-corrected chi connectivity index (χ3v) is 6.94. The highest BCUT2D eigenvalue weighted by atomic mass is 32.1. The maximum Gasteiger partial charge on any atom is 0.224 e. The average Bonchev–Trinajstić information content (AvgIpc) is 3.54. The molecule has 32 heavy (non-hydrogen) atoms. The molecule has 0 radical (unpaired) electrons. The van der Waals surface area contributed by atoms with Gasteiger partial charge >= 0.3 is 0 Å². The molecule has 1 N–H and O–H groups in total. The van der Waals surface area contributed by atoms with Crippen molar-refractivity contribution in [2.45, 2.75) is 32.7 Å². The number of aromatic nitrogens is 3. The van der Waals surface area contributed by atoms with Gasteiger partial charge in [0.05, 0.1) is 5.92 Å². The van der Waals surface area contributed by atoms with Crippen molar-refractivity contribution in [1.29, 1.82) is 0 Å². The van der Waals surface area contributed by atoms with E-state index >= 15 is 0 Å². The van der Waals surface area contributed by atoms with Gasteiger partial charge in [-0.1, -0.05) is 48.6 Å². The fraction of sp³-hybridized carbons (Fsp3) is 0.458. The normalized spacial score (nSPS) is 16.4. The Morgan fingerprint density at radius 3 is 2.72 bits per heavy atom. The minimum Gasteiger partial charge on any atom is -0.356 e. The van der Waals surface area contributed by atoms with Gasteiger partial charge in [0.2, 0.25) is 16.2 Å². The topological polar surface area (TPSA) is 66.3 Å². The molecule has 1 aliphatic heterocycles. The van der Waals surface area contributed by atoms with E-state index in [-0.39, 0.29) is 11.8 Å². The van der Waals surface area contributed by atoms with Gasteiger partial charge in [0, 0.05) is 45.1 Å². The summed E-state index contributed by atoms with van der Waals surface area (Å²) in [6.07, 6.45) is 6.82.